The lowest BCUT2D eigenvalue weighted by atomic mass is 10.5. The third kappa shape index (κ3) is 1.06. The van der Waals surface area contributed by atoms with Gasteiger partial charge in [-0.1, -0.05) is 13.8 Å². The van der Waals surface area contributed by atoms with Gasteiger partial charge in [0.2, 0.25) is 0 Å². The molecule has 0 spiro atoms. The van der Waals surface area contributed by atoms with Crippen LogP contribution >= 0.6 is 16.4 Å². The maximum absolute atomic E-state index is 2.27. The van der Waals surface area contributed by atoms with Crippen LogP contribution < -0.4 is 0 Å². The smallest absolute Gasteiger partial charge is 0.0543 e. The van der Waals surface area contributed by atoms with Crippen molar-refractivity contribution in [3.63, 3.8) is 0 Å². The molecule has 0 aliphatic carbocycles. The molecule has 0 aliphatic heterocycles. The molecule has 1 rings (SSSR count). The number of hydrogen-bond donors (Lipinski definition) is 0. The van der Waals surface area contributed by atoms with Crippen molar-refractivity contribution in [2.75, 3.05) is 0 Å². The normalized spacial score (nSPS) is 11.7. The molecule has 1 aromatic heterocycles. The molecule has 0 unspecified atom stereocenters. The van der Waals surface area contributed by atoms with E-state index in [9.17, 15) is 0 Å². The lowest BCUT2D eigenvalue weighted by Crippen LogP contribution is -1.56. The summed E-state index contributed by atoms with van der Waals surface area (Å²) in [5.41, 5.74) is 2.27. The molecule has 0 amide bonds. The Bertz CT molecular complexity index is 138. The number of hydrogen-bond acceptors (Lipinski definition) is 0. The first-order valence-corrected chi connectivity index (χ1v) is 4.14. The zero-order chi connectivity index (χ0) is 5.28. The molecular weight excluding hydrogens is 122 g/mol. The van der Waals surface area contributed by atoms with E-state index in [0.29, 0.717) is 0 Å². The van der Waals surface area contributed by atoms with Crippen LogP contribution in [0.4, 0.5) is 0 Å². The molecule has 0 N–H and O–H groups in total. The van der Waals surface area contributed by atoms with Gasteiger partial charge in [-0.05, 0) is 0 Å². The Balaban J connectivity index is 3.12. The predicted octanol–water partition coefficient (Wildman–Crippen LogP) is 3.18. The molecule has 0 aromatic carbocycles. The molecule has 0 radical (unpaired) electrons. The quantitative estimate of drug-likeness (QED) is 0.504. The van der Waals surface area contributed by atoms with Crippen LogP contribution in [0.3, 0.4) is 0 Å². The van der Waals surface area contributed by atoms with Crippen molar-refractivity contribution in [3.8, 4) is 0 Å². The van der Waals surface area contributed by atoms with Crippen LogP contribution in [-0.4, -0.2) is 0 Å². The molecule has 0 saturated heterocycles. The molecule has 1 heterocycles. The Morgan fingerprint density at radius 3 is 2.43 bits per heavy atom. The largest absolute Gasteiger partial charge is 0.312 e. The van der Waals surface area contributed by atoms with Crippen LogP contribution in [0.15, 0.2) is 5.53 Å². The molecule has 0 aliphatic rings. The molecule has 2 heteroatoms. The van der Waals surface area contributed by atoms with Crippen LogP contribution in [0.1, 0.15) is 10.6 Å². The van der Waals surface area contributed by atoms with Crippen LogP contribution in [0.25, 0.3) is 0 Å². The fraction of sp³-hybridized carbons (Fsp3) is 0.400. The van der Waals surface area contributed by atoms with Gasteiger partial charge in [0.25, 0.3) is 0 Å². The van der Waals surface area contributed by atoms with Gasteiger partial charge in [0.15, 0.2) is 0 Å². The summed E-state index contributed by atoms with van der Waals surface area (Å²) >= 11 is 0. The average Bonchev–Trinajstić information content (AvgIpc) is 1.91. The lowest BCUT2D eigenvalue weighted by molar-refractivity contribution is 1.52. The highest BCUT2D eigenvalue weighted by Gasteiger charge is 1.74. The molecule has 0 atom stereocenters. The third-order valence-electron chi connectivity index (χ3n) is 1.03. The molecule has 38 valence electrons. The van der Waals surface area contributed by atoms with Crippen LogP contribution in [0.2, 0.25) is 0 Å². The zero-order valence-corrected chi connectivity index (χ0v) is 6.26. The van der Waals surface area contributed by atoms with Gasteiger partial charge in [-0.15, -0.1) is 10.6 Å². The summed E-state index contributed by atoms with van der Waals surface area (Å²) in [5, 5.41) is 3.06. The van der Waals surface area contributed by atoms with E-state index in [1.807, 2.05) is 0 Å². The van der Waals surface area contributed by atoms with E-state index < -0.39 is 0 Å². The summed E-state index contributed by atoms with van der Waals surface area (Å²) in [6, 6.07) is 0. The Labute approximate surface area is 47.1 Å². The van der Waals surface area contributed by atoms with Gasteiger partial charge in [0.1, 0.15) is 0 Å². The monoisotopic (exact) mass is 129 g/mol. The highest BCUT2D eigenvalue weighted by Crippen LogP contribution is 2.27. The first kappa shape index (κ1) is 5.35. The molecule has 0 nitrogen and oxygen atoms in total. The maximum Gasteiger partial charge on any atom is -0.0543 e. The molecule has 0 saturated carbocycles. The van der Waals surface area contributed by atoms with E-state index in [-0.39, 0.29) is 0 Å². The van der Waals surface area contributed by atoms with E-state index in [1.54, 1.807) is 0 Å². The Hall–Kier alpha value is 0.210. The second-order valence-corrected chi connectivity index (χ2v) is 4.33. The minimum absolute atomic E-state index is 1.43. The van der Waals surface area contributed by atoms with Crippen molar-refractivity contribution in [1.29, 1.82) is 0 Å². The second kappa shape index (κ2) is 1.99. The van der Waals surface area contributed by atoms with E-state index in [1.165, 1.54) is 27.0 Å². The maximum atomic E-state index is 2.27. The van der Waals surface area contributed by atoms with Gasteiger partial charge in [-0.3, -0.25) is 0 Å². The van der Waals surface area contributed by atoms with Crippen LogP contribution in [0, 0.1) is 13.8 Å². The van der Waals surface area contributed by atoms with Crippen molar-refractivity contribution >= 4 is 16.4 Å². The first-order valence-electron chi connectivity index (χ1n) is 2.21. The van der Waals surface area contributed by atoms with Gasteiger partial charge >= 0.3 is 0 Å². The Morgan fingerprint density at radius 1 is 1.57 bits per heavy atom. The zero-order valence-electron chi connectivity index (χ0n) is 4.47. The van der Waals surface area contributed by atoms with Gasteiger partial charge in [0.05, 0.1) is 0 Å². The summed E-state index contributed by atoms with van der Waals surface area (Å²) < 4.78 is 0. The molecular formula is C5H7P2-. The van der Waals surface area contributed by atoms with E-state index >= 15 is 0 Å². The fourth-order valence-corrected chi connectivity index (χ4v) is 2.73. The third-order valence-corrected chi connectivity index (χ3v) is 3.57. The van der Waals surface area contributed by atoms with Crippen LogP contribution in [-0.2, 0) is 0 Å². The summed E-state index contributed by atoms with van der Waals surface area (Å²) in [7, 11) is 2.85. The number of rotatable bonds is 0. The average molecular weight is 129 g/mol. The summed E-state index contributed by atoms with van der Waals surface area (Å²) in [5.74, 6) is 0. The van der Waals surface area contributed by atoms with Crippen molar-refractivity contribution < 1.29 is 0 Å². The lowest BCUT2D eigenvalue weighted by Gasteiger charge is -1.90. The standard InChI is InChI=1S/C5H7P2/c1-4-5(2)7-3-6-4/h3H,1-2H3/q-1. The van der Waals surface area contributed by atoms with Crippen LogP contribution in [0.5, 0.6) is 0 Å². The minimum Gasteiger partial charge on any atom is -0.312 e. The Morgan fingerprint density at radius 2 is 2.29 bits per heavy atom. The van der Waals surface area contributed by atoms with Gasteiger partial charge in [-0.25, -0.2) is 0 Å². The van der Waals surface area contributed by atoms with E-state index in [0.717, 1.165) is 0 Å². The topological polar surface area (TPSA) is 0 Å². The molecule has 0 fully saturated rings. The van der Waals surface area contributed by atoms with Crippen molar-refractivity contribution in [2.45, 2.75) is 13.8 Å². The molecule has 1 aromatic rings. The molecule has 7 heavy (non-hydrogen) atoms. The van der Waals surface area contributed by atoms with E-state index in [4.69, 9.17) is 0 Å². The van der Waals surface area contributed by atoms with Crippen molar-refractivity contribution in [3.05, 3.63) is 16.1 Å². The summed E-state index contributed by atoms with van der Waals surface area (Å²) in [6.45, 7) is 4.38. The summed E-state index contributed by atoms with van der Waals surface area (Å²) in [6.07, 6.45) is 0. The van der Waals surface area contributed by atoms with Crippen molar-refractivity contribution in [1.82, 2.24) is 0 Å². The van der Waals surface area contributed by atoms with Crippen molar-refractivity contribution in [2.24, 2.45) is 0 Å². The van der Waals surface area contributed by atoms with Gasteiger partial charge < -0.3 is 16.4 Å². The highest BCUT2D eigenvalue weighted by atomic mass is 31.1. The molecule has 0 bridgehead atoms. The second-order valence-electron chi connectivity index (χ2n) is 1.54. The first-order chi connectivity index (χ1) is 3.30. The Kier molecular flexibility index (Phi) is 1.52. The highest BCUT2D eigenvalue weighted by molar-refractivity contribution is 7.47. The SMILES string of the molecule is Cc1pc[p-]c1C. The number of aryl methyl sites for hydroxylation is 2. The van der Waals surface area contributed by atoms with Gasteiger partial charge in [0, 0.05) is 0 Å². The summed E-state index contributed by atoms with van der Waals surface area (Å²) in [4.78, 5) is 0. The van der Waals surface area contributed by atoms with Gasteiger partial charge in [-0.2, -0.15) is 5.53 Å². The van der Waals surface area contributed by atoms with E-state index in [2.05, 4.69) is 19.4 Å². The predicted molar refractivity (Wildman–Crippen MR) is 36.5 cm³/mol. The minimum atomic E-state index is 1.43. The fourth-order valence-electron chi connectivity index (χ4n) is 0.389.